The molecule has 0 aromatic heterocycles. The molecule has 1 N–H and O–H groups in total. The number of hydrogen-bond donors (Lipinski definition) is 1. The van der Waals surface area contributed by atoms with E-state index in [0.29, 0.717) is 5.56 Å². The lowest BCUT2D eigenvalue weighted by Gasteiger charge is -2.13. The van der Waals surface area contributed by atoms with Crippen molar-refractivity contribution in [3.8, 4) is 0 Å². The molecule has 0 bridgehead atoms. The molecule has 172 valence electrons. The van der Waals surface area contributed by atoms with E-state index < -0.39 is 16.1 Å². The van der Waals surface area contributed by atoms with E-state index in [0.717, 1.165) is 33.0 Å². The average Bonchev–Trinajstić information content (AvgIpc) is 3.07. The molecule has 0 atom stereocenters. The number of amides is 3. The number of carbonyl (C=O) groups excluding carboxylic acids is 3. The van der Waals surface area contributed by atoms with Crippen LogP contribution in [-0.4, -0.2) is 40.0 Å². The zero-order valence-electron chi connectivity index (χ0n) is 17.7. The van der Waals surface area contributed by atoms with Crippen molar-refractivity contribution < 1.29 is 19.3 Å². The number of fused-ring (bicyclic) bond motifs is 1. The standard InChI is InChI=1S/C24H18ClN3O5S/c25-19-8-6-16(12-20(19)28(32)33)13-21-23(30)27(24(31)34-21)10-9-26-22(29)14-15-5-7-17-3-1-2-4-18(17)11-15/h1-8,11-13H,9-10,14H2,(H,26,29)/b21-13-. The molecule has 10 heteroatoms. The van der Waals surface area contributed by atoms with Crippen LogP contribution < -0.4 is 5.32 Å². The van der Waals surface area contributed by atoms with E-state index >= 15 is 0 Å². The molecule has 3 aromatic carbocycles. The fraction of sp³-hybridized carbons (Fsp3) is 0.125. The molecule has 8 nitrogen and oxygen atoms in total. The third-order valence-electron chi connectivity index (χ3n) is 5.17. The van der Waals surface area contributed by atoms with Crippen LogP contribution in [0.2, 0.25) is 5.02 Å². The lowest BCUT2D eigenvalue weighted by Crippen LogP contribution is -2.37. The van der Waals surface area contributed by atoms with Crippen molar-refractivity contribution >= 4 is 63.0 Å². The summed E-state index contributed by atoms with van der Waals surface area (Å²) < 4.78 is 0. The summed E-state index contributed by atoms with van der Waals surface area (Å²) in [6, 6.07) is 17.8. The van der Waals surface area contributed by atoms with Gasteiger partial charge in [0.15, 0.2) is 0 Å². The highest BCUT2D eigenvalue weighted by molar-refractivity contribution is 8.18. The van der Waals surface area contributed by atoms with Gasteiger partial charge in [-0.3, -0.25) is 29.4 Å². The lowest BCUT2D eigenvalue weighted by atomic mass is 10.1. The Labute approximate surface area is 203 Å². The van der Waals surface area contributed by atoms with Crippen LogP contribution in [0, 0.1) is 10.1 Å². The molecular weight excluding hydrogens is 478 g/mol. The number of imide groups is 1. The van der Waals surface area contributed by atoms with Crippen molar-refractivity contribution in [1.82, 2.24) is 10.2 Å². The number of nitro benzene ring substituents is 1. The Bertz CT molecular complexity index is 1360. The van der Waals surface area contributed by atoms with Gasteiger partial charge in [0.1, 0.15) is 5.02 Å². The molecule has 1 fully saturated rings. The Balaban J connectivity index is 1.34. The van der Waals surface area contributed by atoms with Gasteiger partial charge in [-0.15, -0.1) is 0 Å². The Hall–Kier alpha value is -3.69. The molecule has 3 aromatic rings. The number of nitro groups is 1. The summed E-state index contributed by atoms with van der Waals surface area (Å²) in [7, 11) is 0. The highest BCUT2D eigenvalue weighted by Crippen LogP contribution is 2.33. The predicted molar refractivity (Wildman–Crippen MR) is 131 cm³/mol. The number of halogens is 1. The summed E-state index contributed by atoms with van der Waals surface area (Å²) in [5, 5.41) is 15.4. The number of rotatable bonds is 7. The molecule has 4 rings (SSSR count). The minimum atomic E-state index is -0.619. The van der Waals surface area contributed by atoms with Crippen LogP contribution in [0.5, 0.6) is 0 Å². The zero-order chi connectivity index (χ0) is 24.2. The molecule has 0 spiro atoms. The predicted octanol–water partition coefficient (Wildman–Crippen LogP) is 4.80. The van der Waals surface area contributed by atoms with E-state index in [1.54, 1.807) is 0 Å². The first-order valence-electron chi connectivity index (χ1n) is 10.3. The van der Waals surface area contributed by atoms with Crippen molar-refractivity contribution in [1.29, 1.82) is 0 Å². The van der Waals surface area contributed by atoms with Crippen LogP contribution in [0.15, 0.2) is 65.6 Å². The number of carbonyl (C=O) groups is 3. The molecule has 0 saturated carbocycles. The monoisotopic (exact) mass is 495 g/mol. The van der Waals surface area contributed by atoms with E-state index in [1.807, 2.05) is 42.5 Å². The van der Waals surface area contributed by atoms with Crippen LogP contribution in [0.4, 0.5) is 10.5 Å². The van der Waals surface area contributed by atoms with Gasteiger partial charge in [-0.25, -0.2) is 0 Å². The number of thioether (sulfide) groups is 1. The molecule has 0 aliphatic carbocycles. The van der Waals surface area contributed by atoms with Gasteiger partial charge in [0.2, 0.25) is 5.91 Å². The fourth-order valence-corrected chi connectivity index (χ4v) is 4.56. The highest BCUT2D eigenvalue weighted by atomic mass is 35.5. The molecular formula is C24H18ClN3O5S. The summed E-state index contributed by atoms with van der Waals surface area (Å²) in [4.78, 5) is 48.9. The van der Waals surface area contributed by atoms with Crippen molar-refractivity contribution in [3.63, 3.8) is 0 Å². The molecule has 1 aliphatic rings. The summed E-state index contributed by atoms with van der Waals surface area (Å²) in [5.74, 6) is -0.734. The molecule has 34 heavy (non-hydrogen) atoms. The van der Waals surface area contributed by atoms with Gasteiger partial charge in [0, 0.05) is 19.2 Å². The van der Waals surface area contributed by atoms with E-state index in [-0.39, 0.29) is 41.0 Å². The highest BCUT2D eigenvalue weighted by Gasteiger charge is 2.34. The lowest BCUT2D eigenvalue weighted by molar-refractivity contribution is -0.384. The summed E-state index contributed by atoms with van der Waals surface area (Å²) in [6.45, 7) is 0.135. The topological polar surface area (TPSA) is 110 Å². The molecule has 3 amide bonds. The van der Waals surface area contributed by atoms with Gasteiger partial charge in [-0.2, -0.15) is 0 Å². The quantitative estimate of drug-likeness (QED) is 0.286. The maximum Gasteiger partial charge on any atom is 0.293 e. The Kier molecular flexibility index (Phi) is 6.95. The molecule has 1 saturated heterocycles. The van der Waals surface area contributed by atoms with Gasteiger partial charge >= 0.3 is 0 Å². The number of nitrogens with one attached hydrogen (secondary N) is 1. The maximum absolute atomic E-state index is 12.6. The second-order valence-corrected chi connectivity index (χ2v) is 8.91. The Morgan fingerprint density at radius 2 is 1.85 bits per heavy atom. The van der Waals surface area contributed by atoms with E-state index in [9.17, 15) is 24.5 Å². The maximum atomic E-state index is 12.6. The van der Waals surface area contributed by atoms with E-state index in [2.05, 4.69) is 5.32 Å². The first-order chi connectivity index (χ1) is 16.3. The van der Waals surface area contributed by atoms with Crippen molar-refractivity contribution in [2.75, 3.05) is 13.1 Å². The Morgan fingerprint density at radius 3 is 2.62 bits per heavy atom. The molecule has 1 aliphatic heterocycles. The van der Waals surface area contributed by atoms with Crippen LogP contribution in [-0.2, 0) is 16.0 Å². The summed E-state index contributed by atoms with van der Waals surface area (Å²) in [5.41, 5.74) is 0.955. The van der Waals surface area contributed by atoms with Crippen molar-refractivity contribution in [2.24, 2.45) is 0 Å². The number of nitrogens with zero attached hydrogens (tertiary/aromatic N) is 2. The van der Waals surface area contributed by atoms with E-state index in [1.165, 1.54) is 24.3 Å². The first-order valence-corrected chi connectivity index (χ1v) is 11.4. The van der Waals surface area contributed by atoms with Gasteiger partial charge in [0.05, 0.1) is 16.2 Å². The normalized spacial score (nSPS) is 14.7. The molecule has 1 heterocycles. The minimum Gasteiger partial charge on any atom is -0.354 e. The van der Waals surface area contributed by atoms with E-state index in [4.69, 9.17) is 11.6 Å². The van der Waals surface area contributed by atoms with Gasteiger partial charge in [-0.05, 0) is 45.8 Å². The number of benzene rings is 3. The zero-order valence-corrected chi connectivity index (χ0v) is 19.3. The summed E-state index contributed by atoms with van der Waals surface area (Å²) in [6.07, 6.45) is 1.59. The second-order valence-electron chi connectivity index (χ2n) is 7.51. The van der Waals surface area contributed by atoms with Crippen molar-refractivity contribution in [3.05, 3.63) is 91.8 Å². The van der Waals surface area contributed by atoms with Crippen LogP contribution in [0.3, 0.4) is 0 Å². The van der Waals surface area contributed by atoms with Gasteiger partial charge < -0.3 is 5.32 Å². The second kappa shape index (κ2) is 10.1. The Morgan fingerprint density at radius 1 is 1.09 bits per heavy atom. The fourth-order valence-electron chi connectivity index (χ4n) is 3.51. The molecule has 0 radical (unpaired) electrons. The minimum absolute atomic E-state index is 0.0188. The van der Waals surface area contributed by atoms with Crippen LogP contribution in [0.1, 0.15) is 11.1 Å². The molecule has 0 unspecified atom stereocenters. The van der Waals surface area contributed by atoms with Gasteiger partial charge in [-0.1, -0.05) is 60.1 Å². The average molecular weight is 496 g/mol. The SMILES string of the molecule is O=C(Cc1ccc2ccccc2c1)NCCN1C(=O)S/C(=C\c2ccc(Cl)c([N+](=O)[O-])c2)C1=O. The third kappa shape index (κ3) is 5.27. The van der Waals surface area contributed by atoms with Gasteiger partial charge in [0.25, 0.3) is 16.8 Å². The largest absolute Gasteiger partial charge is 0.354 e. The smallest absolute Gasteiger partial charge is 0.293 e. The van der Waals surface area contributed by atoms with Crippen LogP contribution in [0.25, 0.3) is 16.8 Å². The third-order valence-corrected chi connectivity index (χ3v) is 6.40. The first kappa shape index (κ1) is 23.5. The van der Waals surface area contributed by atoms with Crippen LogP contribution >= 0.6 is 23.4 Å². The number of hydrogen-bond acceptors (Lipinski definition) is 6. The summed E-state index contributed by atoms with van der Waals surface area (Å²) >= 11 is 6.55. The van der Waals surface area contributed by atoms with Crippen molar-refractivity contribution in [2.45, 2.75) is 6.42 Å².